The monoisotopic (exact) mass is 255 g/mol. The van der Waals surface area contributed by atoms with Crippen LogP contribution in [0.1, 0.15) is 24.5 Å². The standard InChI is InChI=1S/C11H14BrNO/c12-9-3-1-8(2-4-9)11-7-10(13)5-6-14-11/h1-4,10-11H,5-7,13H2. The molecule has 1 aliphatic rings. The van der Waals surface area contributed by atoms with Gasteiger partial charge in [-0.2, -0.15) is 0 Å². The van der Waals surface area contributed by atoms with Crippen molar-refractivity contribution in [3.05, 3.63) is 34.3 Å². The third-order valence-electron chi connectivity index (χ3n) is 2.57. The molecular weight excluding hydrogens is 242 g/mol. The van der Waals surface area contributed by atoms with Gasteiger partial charge in [0.15, 0.2) is 0 Å². The first-order valence-corrected chi connectivity index (χ1v) is 5.67. The zero-order chi connectivity index (χ0) is 9.97. The number of benzene rings is 1. The van der Waals surface area contributed by atoms with Gasteiger partial charge in [0.2, 0.25) is 0 Å². The molecule has 1 heterocycles. The van der Waals surface area contributed by atoms with Gasteiger partial charge in [-0.05, 0) is 30.5 Å². The Labute approximate surface area is 92.6 Å². The Morgan fingerprint density at radius 2 is 2.00 bits per heavy atom. The van der Waals surface area contributed by atoms with Gasteiger partial charge in [0.25, 0.3) is 0 Å². The predicted octanol–water partition coefficient (Wildman–Crippen LogP) is 2.63. The highest BCUT2D eigenvalue weighted by atomic mass is 79.9. The van der Waals surface area contributed by atoms with E-state index in [1.807, 2.05) is 12.1 Å². The van der Waals surface area contributed by atoms with Crippen LogP contribution in [0.5, 0.6) is 0 Å². The van der Waals surface area contributed by atoms with Crippen LogP contribution < -0.4 is 5.73 Å². The van der Waals surface area contributed by atoms with E-state index in [2.05, 4.69) is 28.1 Å². The molecule has 0 spiro atoms. The van der Waals surface area contributed by atoms with E-state index in [0.717, 1.165) is 23.9 Å². The fourth-order valence-corrected chi connectivity index (χ4v) is 2.00. The Balaban J connectivity index is 2.10. The third kappa shape index (κ3) is 2.35. The highest BCUT2D eigenvalue weighted by Gasteiger charge is 2.20. The molecule has 1 aromatic rings. The van der Waals surface area contributed by atoms with Crippen LogP contribution in [0.3, 0.4) is 0 Å². The Morgan fingerprint density at radius 1 is 1.29 bits per heavy atom. The summed E-state index contributed by atoms with van der Waals surface area (Å²) in [6, 6.07) is 8.55. The molecule has 0 saturated carbocycles. The quantitative estimate of drug-likeness (QED) is 0.838. The number of ether oxygens (including phenoxy) is 1. The summed E-state index contributed by atoms with van der Waals surface area (Å²) in [6.07, 6.45) is 2.10. The van der Waals surface area contributed by atoms with Gasteiger partial charge in [-0.3, -0.25) is 0 Å². The molecule has 2 atom stereocenters. The summed E-state index contributed by atoms with van der Waals surface area (Å²) in [5, 5.41) is 0. The lowest BCUT2D eigenvalue weighted by Gasteiger charge is -2.27. The minimum absolute atomic E-state index is 0.187. The van der Waals surface area contributed by atoms with Crippen molar-refractivity contribution in [2.45, 2.75) is 25.0 Å². The molecule has 2 rings (SSSR count). The first-order valence-electron chi connectivity index (χ1n) is 4.88. The van der Waals surface area contributed by atoms with Gasteiger partial charge in [0.05, 0.1) is 6.10 Å². The van der Waals surface area contributed by atoms with Crippen LogP contribution in [0.15, 0.2) is 28.7 Å². The van der Waals surface area contributed by atoms with Gasteiger partial charge in [-0.1, -0.05) is 28.1 Å². The molecule has 1 aliphatic heterocycles. The summed E-state index contributed by atoms with van der Waals surface area (Å²) < 4.78 is 6.78. The molecule has 76 valence electrons. The van der Waals surface area contributed by atoms with E-state index >= 15 is 0 Å². The van der Waals surface area contributed by atoms with E-state index in [9.17, 15) is 0 Å². The average molecular weight is 256 g/mol. The van der Waals surface area contributed by atoms with Gasteiger partial charge in [-0.15, -0.1) is 0 Å². The second-order valence-electron chi connectivity index (χ2n) is 3.70. The molecule has 0 amide bonds. The number of hydrogen-bond acceptors (Lipinski definition) is 2. The molecule has 2 N–H and O–H groups in total. The normalized spacial score (nSPS) is 27.6. The zero-order valence-electron chi connectivity index (χ0n) is 7.95. The van der Waals surface area contributed by atoms with Gasteiger partial charge in [0.1, 0.15) is 0 Å². The minimum atomic E-state index is 0.187. The molecule has 2 unspecified atom stereocenters. The van der Waals surface area contributed by atoms with Crippen molar-refractivity contribution in [1.29, 1.82) is 0 Å². The van der Waals surface area contributed by atoms with Gasteiger partial charge in [0, 0.05) is 17.1 Å². The minimum Gasteiger partial charge on any atom is -0.373 e. The highest BCUT2D eigenvalue weighted by Crippen LogP contribution is 2.27. The van der Waals surface area contributed by atoms with Crippen molar-refractivity contribution in [1.82, 2.24) is 0 Å². The van der Waals surface area contributed by atoms with E-state index in [1.165, 1.54) is 5.56 Å². The predicted molar refractivity (Wildman–Crippen MR) is 60.0 cm³/mol. The summed E-state index contributed by atoms with van der Waals surface area (Å²) >= 11 is 3.42. The SMILES string of the molecule is NC1CCOC(c2ccc(Br)cc2)C1. The lowest BCUT2D eigenvalue weighted by molar-refractivity contribution is 0.00667. The highest BCUT2D eigenvalue weighted by molar-refractivity contribution is 9.10. The molecule has 14 heavy (non-hydrogen) atoms. The van der Waals surface area contributed by atoms with Crippen LogP contribution in [0, 0.1) is 0 Å². The van der Waals surface area contributed by atoms with E-state index in [-0.39, 0.29) is 12.1 Å². The van der Waals surface area contributed by atoms with Crippen LogP contribution in [0.25, 0.3) is 0 Å². The Morgan fingerprint density at radius 3 is 2.64 bits per heavy atom. The zero-order valence-corrected chi connectivity index (χ0v) is 9.53. The molecule has 0 radical (unpaired) electrons. The Bertz CT molecular complexity index is 299. The van der Waals surface area contributed by atoms with Crippen molar-refractivity contribution >= 4 is 15.9 Å². The summed E-state index contributed by atoms with van der Waals surface area (Å²) in [5.74, 6) is 0. The Hall–Kier alpha value is -0.380. The second kappa shape index (κ2) is 4.43. The van der Waals surface area contributed by atoms with Crippen molar-refractivity contribution < 1.29 is 4.74 Å². The smallest absolute Gasteiger partial charge is 0.0839 e. The van der Waals surface area contributed by atoms with Gasteiger partial charge in [-0.25, -0.2) is 0 Å². The fourth-order valence-electron chi connectivity index (χ4n) is 1.73. The Kier molecular flexibility index (Phi) is 3.21. The molecule has 1 fully saturated rings. The third-order valence-corrected chi connectivity index (χ3v) is 3.09. The molecule has 1 aromatic carbocycles. The van der Waals surface area contributed by atoms with Crippen LogP contribution in [-0.2, 0) is 4.74 Å². The van der Waals surface area contributed by atoms with E-state index in [0.29, 0.717) is 0 Å². The van der Waals surface area contributed by atoms with Crippen LogP contribution in [0.2, 0.25) is 0 Å². The summed E-state index contributed by atoms with van der Waals surface area (Å²) in [4.78, 5) is 0. The molecule has 2 nitrogen and oxygen atoms in total. The lowest BCUT2D eigenvalue weighted by atomic mass is 9.98. The van der Waals surface area contributed by atoms with Gasteiger partial charge >= 0.3 is 0 Å². The van der Waals surface area contributed by atoms with Crippen molar-refractivity contribution in [2.24, 2.45) is 5.73 Å². The average Bonchev–Trinajstić information content (AvgIpc) is 2.19. The van der Waals surface area contributed by atoms with Crippen molar-refractivity contribution in [2.75, 3.05) is 6.61 Å². The first-order chi connectivity index (χ1) is 6.75. The largest absolute Gasteiger partial charge is 0.373 e. The maximum absolute atomic E-state index is 5.90. The van der Waals surface area contributed by atoms with E-state index < -0.39 is 0 Å². The van der Waals surface area contributed by atoms with Crippen LogP contribution in [0.4, 0.5) is 0 Å². The maximum atomic E-state index is 5.90. The van der Waals surface area contributed by atoms with Crippen LogP contribution in [-0.4, -0.2) is 12.6 Å². The topological polar surface area (TPSA) is 35.2 Å². The van der Waals surface area contributed by atoms with E-state index in [4.69, 9.17) is 10.5 Å². The second-order valence-corrected chi connectivity index (χ2v) is 4.61. The van der Waals surface area contributed by atoms with E-state index in [1.54, 1.807) is 0 Å². The molecular formula is C11H14BrNO. The summed E-state index contributed by atoms with van der Waals surface area (Å²) in [5.41, 5.74) is 7.13. The lowest BCUT2D eigenvalue weighted by Crippen LogP contribution is -2.30. The number of halogens is 1. The summed E-state index contributed by atoms with van der Waals surface area (Å²) in [7, 11) is 0. The van der Waals surface area contributed by atoms with Crippen molar-refractivity contribution in [3.8, 4) is 0 Å². The molecule has 0 bridgehead atoms. The van der Waals surface area contributed by atoms with Crippen molar-refractivity contribution in [3.63, 3.8) is 0 Å². The number of rotatable bonds is 1. The summed E-state index contributed by atoms with van der Waals surface area (Å²) in [6.45, 7) is 0.780. The number of nitrogens with two attached hydrogens (primary N) is 1. The fraction of sp³-hybridized carbons (Fsp3) is 0.455. The molecule has 0 aromatic heterocycles. The molecule has 3 heteroatoms. The maximum Gasteiger partial charge on any atom is 0.0839 e. The molecule has 0 aliphatic carbocycles. The molecule has 1 saturated heterocycles. The van der Waals surface area contributed by atoms with Crippen LogP contribution >= 0.6 is 15.9 Å². The first kappa shape index (κ1) is 10.1. The number of hydrogen-bond donors (Lipinski definition) is 1. The van der Waals surface area contributed by atoms with Gasteiger partial charge < -0.3 is 10.5 Å².